The molecular weight excluding hydrogens is 540 g/mol. The van der Waals surface area contributed by atoms with E-state index < -0.39 is 17.7 Å². The summed E-state index contributed by atoms with van der Waals surface area (Å²) in [6.45, 7) is 9.02. The summed E-state index contributed by atoms with van der Waals surface area (Å²) in [4.78, 5) is 30.4. The zero-order valence-corrected chi connectivity index (χ0v) is 23.2. The summed E-state index contributed by atoms with van der Waals surface area (Å²) in [7, 11) is 1.43. The van der Waals surface area contributed by atoms with Gasteiger partial charge in [-0.2, -0.15) is 0 Å². The molecule has 198 valence electrons. The molecule has 2 N–H and O–H groups in total. The summed E-state index contributed by atoms with van der Waals surface area (Å²) in [5, 5.41) is 21.8. The highest BCUT2D eigenvalue weighted by Crippen LogP contribution is 2.44. The number of phenolic OH excluding ortho intramolecular Hbond substituents is 1. The minimum absolute atomic E-state index is 0.0133. The van der Waals surface area contributed by atoms with Gasteiger partial charge in [-0.15, -0.1) is 0 Å². The zero-order chi connectivity index (χ0) is 26.9. The monoisotopic (exact) mass is 572 g/mol. The number of ketones is 1. The van der Waals surface area contributed by atoms with Crippen LogP contribution in [0.2, 0.25) is 0 Å². The Morgan fingerprint density at radius 1 is 1.22 bits per heavy atom. The van der Waals surface area contributed by atoms with Crippen LogP contribution in [0.4, 0.5) is 0 Å². The van der Waals surface area contributed by atoms with Crippen molar-refractivity contribution in [1.82, 2.24) is 9.80 Å². The van der Waals surface area contributed by atoms with E-state index in [-0.39, 0.29) is 28.9 Å². The maximum atomic E-state index is 13.4. The number of amides is 1. The quantitative estimate of drug-likeness (QED) is 0.256. The lowest BCUT2D eigenvalue weighted by Crippen LogP contribution is -2.33. The van der Waals surface area contributed by atoms with Crippen molar-refractivity contribution in [3.63, 3.8) is 0 Å². The highest BCUT2D eigenvalue weighted by atomic mass is 79.9. The van der Waals surface area contributed by atoms with Crippen LogP contribution in [0, 0.1) is 0 Å². The number of methoxy groups -OCH3 is 1. The second-order valence-electron chi connectivity index (χ2n) is 9.38. The lowest BCUT2D eigenvalue weighted by atomic mass is 9.94. The third kappa shape index (κ3) is 5.20. The predicted octanol–water partition coefficient (Wildman–Crippen LogP) is 4.64. The molecule has 2 heterocycles. The fraction of sp³-hybridized carbons (Fsp3) is 0.429. The number of phenols is 1. The van der Waals surface area contributed by atoms with Gasteiger partial charge in [0.2, 0.25) is 0 Å². The Morgan fingerprint density at radius 2 is 1.95 bits per heavy atom. The van der Waals surface area contributed by atoms with Crippen molar-refractivity contribution < 1.29 is 29.3 Å². The average molecular weight is 573 g/mol. The Labute approximate surface area is 225 Å². The molecule has 2 aromatic rings. The number of hydrogen-bond acceptors (Lipinski definition) is 7. The van der Waals surface area contributed by atoms with E-state index in [1.54, 1.807) is 24.3 Å². The fourth-order valence-electron chi connectivity index (χ4n) is 5.09. The van der Waals surface area contributed by atoms with Gasteiger partial charge >= 0.3 is 0 Å². The summed E-state index contributed by atoms with van der Waals surface area (Å²) < 4.78 is 11.5. The van der Waals surface area contributed by atoms with Crippen molar-refractivity contribution >= 4 is 33.4 Å². The van der Waals surface area contributed by atoms with Crippen LogP contribution < -0.4 is 9.47 Å². The molecule has 2 aromatic carbocycles. The second-order valence-corrected chi connectivity index (χ2v) is 10.2. The number of aliphatic hydroxyl groups excluding tert-OH is 1. The van der Waals surface area contributed by atoms with Crippen LogP contribution in [0.15, 0.2) is 40.4 Å². The number of fused-ring (bicyclic) bond motifs is 1. The van der Waals surface area contributed by atoms with Gasteiger partial charge in [-0.05, 0) is 90.4 Å². The summed E-state index contributed by atoms with van der Waals surface area (Å²) in [6.07, 6.45) is 1.39. The first kappa shape index (κ1) is 27.0. The van der Waals surface area contributed by atoms with Gasteiger partial charge < -0.3 is 29.5 Å². The van der Waals surface area contributed by atoms with Gasteiger partial charge in [0, 0.05) is 18.5 Å². The first-order valence-corrected chi connectivity index (χ1v) is 13.4. The molecule has 0 radical (unpaired) electrons. The number of benzene rings is 2. The van der Waals surface area contributed by atoms with E-state index in [0.29, 0.717) is 35.0 Å². The maximum absolute atomic E-state index is 13.4. The van der Waals surface area contributed by atoms with Crippen molar-refractivity contribution in [2.24, 2.45) is 0 Å². The Bertz CT molecular complexity index is 1240. The third-order valence-electron chi connectivity index (χ3n) is 7.06. The topological polar surface area (TPSA) is 99.5 Å². The van der Waals surface area contributed by atoms with Crippen molar-refractivity contribution in [1.29, 1.82) is 0 Å². The molecular formula is C28H33BrN2O6. The van der Waals surface area contributed by atoms with Gasteiger partial charge in [0.15, 0.2) is 11.5 Å². The number of halogens is 1. The van der Waals surface area contributed by atoms with E-state index in [9.17, 15) is 19.8 Å². The summed E-state index contributed by atoms with van der Waals surface area (Å²) in [5.74, 6) is -0.769. The van der Waals surface area contributed by atoms with E-state index >= 15 is 0 Å². The van der Waals surface area contributed by atoms with Crippen molar-refractivity contribution in [2.75, 3.05) is 33.3 Å². The Morgan fingerprint density at radius 3 is 2.62 bits per heavy atom. The summed E-state index contributed by atoms with van der Waals surface area (Å²) in [5.41, 5.74) is 1.95. The lowest BCUT2D eigenvalue weighted by Gasteiger charge is -2.27. The molecule has 0 bridgehead atoms. The molecule has 9 heteroatoms. The number of rotatable bonds is 9. The number of Topliss-reactive ketones (excluding diaryl/α,β-unsaturated/α-hetero) is 1. The molecule has 0 unspecified atom stereocenters. The molecule has 2 aliphatic rings. The Kier molecular flexibility index (Phi) is 8.14. The molecule has 1 fully saturated rings. The van der Waals surface area contributed by atoms with E-state index in [0.717, 1.165) is 30.9 Å². The minimum Gasteiger partial charge on any atom is -0.507 e. The normalized spacial score (nSPS) is 20.4. The average Bonchev–Trinajstić information content (AvgIpc) is 3.38. The molecule has 2 atom stereocenters. The Hall–Kier alpha value is -3.04. The number of carbonyl (C=O) groups excluding carboxylic acids is 2. The van der Waals surface area contributed by atoms with Gasteiger partial charge in [0.1, 0.15) is 17.6 Å². The van der Waals surface area contributed by atoms with Crippen LogP contribution in [-0.4, -0.2) is 71.1 Å². The molecule has 0 spiro atoms. The van der Waals surface area contributed by atoms with E-state index in [4.69, 9.17) is 9.47 Å². The van der Waals surface area contributed by atoms with E-state index in [2.05, 4.69) is 34.7 Å². The number of aliphatic hydroxyl groups is 1. The minimum atomic E-state index is -0.842. The largest absolute Gasteiger partial charge is 0.507 e. The number of likely N-dealkylation sites (tertiary alicyclic amines) is 1. The van der Waals surface area contributed by atoms with Crippen LogP contribution in [0.5, 0.6) is 17.2 Å². The van der Waals surface area contributed by atoms with Crippen molar-refractivity contribution in [3.05, 3.63) is 57.1 Å². The first-order chi connectivity index (χ1) is 17.7. The Balaban J connectivity index is 1.80. The molecule has 8 nitrogen and oxygen atoms in total. The first-order valence-electron chi connectivity index (χ1n) is 12.6. The molecule has 0 saturated carbocycles. The molecule has 2 aliphatic heterocycles. The highest BCUT2D eigenvalue weighted by molar-refractivity contribution is 9.10. The van der Waals surface area contributed by atoms with Gasteiger partial charge in [0.25, 0.3) is 11.7 Å². The number of nitrogens with zero attached hydrogens (tertiary/aromatic N) is 2. The molecule has 1 amide bonds. The smallest absolute Gasteiger partial charge is 0.295 e. The number of hydrogen-bond donors (Lipinski definition) is 2. The number of ether oxygens (including phenoxy) is 2. The third-order valence-corrected chi connectivity index (χ3v) is 7.67. The zero-order valence-electron chi connectivity index (χ0n) is 21.6. The number of aromatic hydroxyl groups is 1. The van der Waals surface area contributed by atoms with Gasteiger partial charge in [-0.25, -0.2) is 0 Å². The highest BCUT2D eigenvalue weighted by Gasteiger charge is 2.46. The van der Waals surface area contributed by atoms with Gasteiger partial charge in [-0.1, -0.05) is 13.8 Å². The lowest BCUT2D eigenvalue weighted by molar-refractivity contribution is -0.140. The van der Waals surface area contributed by atoms with Crippen molar-refractivity contribution in [3.8, 4) is 17.2 Å². The van der Waals surface area contributed by atoms with Gasteiger partial charge in [0.05, 0.1) is 23.2 Å². The molecule has 1 saturated heterocycles. The summed E-state index contributed by atoms with van der Waals surface area (Å²) >= 11 is 3.35. The molecule has 37 heavy (non-hydrogen) atoms. The van der Waals surface area contributed by atoms with Crippen LogP contribution in [0.3, 0.4) is 0 Å². The maximum Gasteiger partial charge on any atom is 0.295 e. The van der Waals surface area contributed by atoms with Crippen LogP contribution in [0.25, 0.3) is 5.76 Å². The number of carbonyl (C=O) groups is 2. The SMILES string of the molecule is CCN(CC)CCCN1C(=O)C(=O)C(=C(O)c2ccc3c(c2)C[C@H](C)O3)[C@@H]1c1cc(Br)c(O)c(OC)c1. The van der Waals surface area contributed by atoms with Crippen molar-refractivity contribution in [2.45, 2.75) is 45.8 Å². The second kappa shape index (κ2) is 11.1. The van der Waals surface area contributed by atoms with Crippen LogP contribution in [-0.2, 0) is 16.0 Å². The molecule has 0 aromatic heterocycles. The van der Waals surface area contributed by atoms with E-state index in [1.165, 1.54) is 12.0 Å². The molecule has 0 aliphatic carbocycles. The fourth-order valence-corrected chi connectivity index (χ4v) is 5.55. The summed E-state index contributed by atoms with van der Waals surface area (Å²) in [6, 6.07) is 7.70. The molecule has 4 rings (SSSR count). The van der Waals surface area contributed by atoms with Crippen LogP contribution in [0.1, 0.15) is 49.9 Å². The van der Waals surface area contributed by atoms with Gasteiger partial charge in [-0.3, -0.25) is 9.59 Å². The van der Waals surface area contributed by atoms with E-state index in [1.807, 2.05) is 13.0 Å². The predicted molar refractivity (Wildman–Crippen MR) is 144 cm³/mol. The standard InChI is InChI=1S/C28H33BrN2O6/c1-5-30(6-2)10-7-11-31-24(19-14-20(29)26(33)22(15-19)36-4)23(27(34)28(31)35)25(32)17-8-9-21-18(13-17)12-16(3)37-21/h8-9,13-16,24,32-33H,5-7,10-12H2,1-4H3/t16-,24-/m0/s1. The van der Waals surface area contributed by atoms with Crippen LogP contribution >= 0.6 is 15.9 Å².